The van der Waals surface area contributed by atoms with Gasteiger partial charge in [0.25, 0.3) is 0 Å². The number of anilines is 1. The highest BCUT2D eigenvalue weighted by molar-refractivity contribution is 5.46. The van der Waals surface area contributed by atoms with Crippen molar-refractivity contribution >= 4 is 5.69 Å². The van der Waals surface area contributed by atoms with Gasteiger partial charge in [-0.25, -0.2) is 0 Å². The van der Waals surface area contributed by atoms with E-state index in [-0.39, 0.29) is 5.41 Å². The number of rotatable bonds is 3. The van der Waals surface area contributed by atoms with E-state index in [1.165, 1.54) is 50.0 Å². The molecule has 2 fully saturated rings. The summed E-state index contributed by atoms with van der Waals surface area (Å²) in [7, 11) is 0. The summed E-state index contributed by atoms with van der Waals surface area (Å²) in [6, 6.07) is 20.7. The second-order valence-electron chi connectivity index (χ2n) is 10.5. The molecule has 2 nitrogen and oxygen atoms in total. The summed E-state index contributed by atoms with van der Waals surface area (Å²) < 4.78 is 0. The summed E-state index contributed by atoms with van der Waals surface area (Å²) in [5, 5.41) is 0. The maximum absolute atomic E-state index is 2.57. The third-order valence-electron chi connectivity index (χ3n) is 7.60. The molecule has 0 bridgehead atoms. The van der Waals surface area contributed by atoms with Crippen molar-refractivity contribution in [3.63, 3.8) is 0 Å². The van der Waals surface area contributed by atoms with E-state index in [2.05, 4.69) is 87.2 Å². The van der Waals surface area contributed by atoms with Crippen LogP contribution in [0.2, 0.25) is 0 Å². The van der Waals surface area contributed by atoms with Gasteiger partial charge < -0.3 is 9.80 Å². The lowest BCUT2D eigenvalue weighted by Crippen LogP contribution is -3.21. The van der Waals surface area contributed by atoms with Gasteiger partial charge in [0, 0.05) is 24.1 Å². The molecule has 2 aromatic rings. The van der Waals surface area contributed by atoms with Crippen molar-refractivity contribution in [3.8, 4) is 0 Å². The molecule has 1 saturated heterocycles. The number of hydrogen-bond donors (Lipinski definition) is 1. The van der Waals surface area contributed by atoms with Crippen molar-refractivity contribution < 1.29 is 4.90 Å². The van der Waals surface area contributed by atoms with Crippen LogP contribution >= 0.6 is 0 Å². The van der Waals surface area contributed by atoms with Crippen LogP contribution in [0.4, 0.5) is 5.69 Å². The van der Waals surface area contributed by atoms with Gasteiger partial charge in [0.2, 0.25) is 0 Å². The Kier molecular flexibility index (Phi) is 5.75. The summed E-state index contributed by atoms with van der Waals surface area (Å²) in [6.07, 6.45) is 5.41. The summed E-state index contributed by atoms with van der Waals surface area (Å²) in [4.78, 5) is 4.39. The molecule has 2 aliphatic rings. The Balaban J connectivity index is 1.56. The zero-order valence-electron chi connectivity index (χ0n) is 18.9. The van der Waals surface area contributed by atoms with E-state index >= 15 is 0 Å². The van der Waals surface area contributed by atoms with Crippen LogP contribution in [0, 0.1) is 5.92 Å². The van der Waals surface area contributed by atoms with Gasteiger partial charge in [0.15, 0.2) is 0 Å². The van der Waals surface area contributed by atoms with E-state index < -0.39 is 0 Å². The first kappa shape index (κ1) is 20.5. The largest absolute Gasteiger partial charge is 0.360 e. The third-order valence-corrected chi connectivity index (χ3v) is 7.60. The van der Waals surface area contributed by atoms with E-state index in [1.54, 1.807) is 5.56 Å². The van der Waals surface area contributed by atoms with E-state index in [0.29, 0.717) is 5.54 Å². The number of nitrogens with one attached hydrogen (secondary N) is 1. The fourth-order valence-corrected chi connectivity index (χ4v) is 5.54. The third kappa shape index (κ3) is 4.23. The number of piperazine rings is 1. The van der Waals surface area contributed by atoms with Gasteiger partial charge in [-0.05, 0) is 41.9 Å². The van der Waals surface area contributed by atoms with Crippen LogP contribution in [-0.2, 0) is 11.0 Å². The van der Waals surface area contributed by atoms with Gasteiger partial charge in [-0.1, -0.05) is 70.2 Å². The molecule has 0 aromatic heterocycles. The van der Waals surface area contributed by atoms with Crippen LogP contribution in [0.1, 0.15) is 64.5 Å². The fourth-order valence-electron chi connectivity index (χ4n) is 5.54. The molecule has 0 unspecified atom stereocenters. The van der Waals surface area contributed by atoms with Crippen LogP contribution in [0.25, 0.3) is 0 Å². The molecular weight excluding hydrogens is 352 g/mol. The zero-order chi connectivity index (χ0) is 20.5. The summed E-state index contributed by atoms with van der Waals surface area (Å²) in [5.41, 5.74) is 4.95. The summed E-state index contributed by atoms with van der Waals surface area (Å²) >= 11 is 0. The average molecular weight is 392 g/mol. The lowest BCUT2D eigenvalue weighted by Gasteiger charge is -2.48. The molecule has 0 spiro atoms. The summed E-state index contributed by atoms with van der Waals surface area (Å²) in [5.74, 6) is 0.877. The molecule has 1 heterocycles. The lowest BCUT2D eigenvalue weighted by molar-refractivity contribution is -0.964. The van der Waals surface area contributed by atoms with Crippen molar-refractivity contribution in [3.05, 3.63) is 65.7 Å². The Labute approximate surface area is 177 Å². The van der Waals surface area contributed by atoms with Gasteiger partial charge >= 0.3 is 0 Å². The Hall–Kier alpha value is -1.80. The van der Waals surface area contributed by atoms with Gasteiger partial charge in [-0.3, -0.25) is 0 Å². The highest BCUT2D eigenvalue weighted by Crippen LogP contribution is 2.38. The zero-order valence-corrected chi connectivity index (χ0v) is 18.9. The molecule has 1 aliphatic heterocycles. The minimum absolute atomic E-state index is 0.223. The van der Waals surface area contributed by atoms with Gasteiger partial charge in [-0.2, -0.15) is 0 Å². The standard InChI is InChI=1S/C27H38N2/c1-22-14-16-27(17-15-22,24-12-10-23(11-13-24)26(2,3)4)29-20-18-28(19-21-29)25-8-6-5-7-9-25/h5-13,22H,14-21H2,1-4H3/p+1. The maximum atomic E-state index is 2.57. The molecule has 156 valence electrons. The minimum Gasteiger partial charge on any atom is -0.360 e. The summed E-state index contributed by atoms with van der Waals surface area (Å²) in [6.45, 7) is 14.2. The van der Waals surface area contributed by atoms with Crippen LogP contribution in [-0.4, -0.2) is 26.2 Å². The number of benzene rings is 2. The van der Waals surface area contributed by atoms with E-state index in [4.69, 9.17) is 0 Å². The molecule has 0 atom stereocenters. The quantitative estimate of drug-likeness (QED) is 0.790. The molecule has 1 N–H and O–H groups in total. The predicted molar refractivity (Wildman–Crippen MR) is 124 cm³/mol. The fraction of sp³-hybridized carbons (Fsp3) is 0.556. The van der Waals surface area contributed by atoms with Crippen molar-refractivity contribution in [2.75, 3.05) is 31.1 Å². The maximum Gasteiger partial charge on any atom is 0.123 e. The predicted octanol–water partition coefficient (Wildman–Crippen LogP) is 4.79. The second-order valence-corrected chi connectivity index (χ2v) is 10.5. The number of quaternary nitrogens is 1. The topological polar surface area (TPSA) is 7.68 Å². The van der Waals surface area contributed by atoms with Crippen LogP contribution in [0.3, 0.4) is 0 Å². The van der Waals surface area contributed by atoms with Crippen molar-refractivity contribution in [2.45, 2.75) is 64.3 Å². The van der Waals surface area contributed by atoms with Crippen molar-refractivity contribution in [2.24, 2.45) is 5.92 Å². The van der Waals surface area contributed by atoms with Crippen molar-refractivity contribution in [1.82, 2.24) is 0 Å². The molecule has 0 radical (unpaired) electrons. The molecule has 0 amide bonds. The Bertz CT molecular complexity index is 772. The van der Waals surface area contributed by atoms with Crippen molar-refractivity contribution in [1.29, 1.82) is 0 Å². The smallest absolute Gasteiger partial charge is 0.123 e. The number of nitrogens with zero attached hydrogens (tertiary/aromatic N) is 1. The van der Waals surface area contributed by atoms with Crippen LogP contribution in [0.5, 0.6) is 0 Å². The molecule has 1 saturated carbocycles. The molecule has 2 heteroatoms. The molecular formula is C27H39N2+. The Morgan fingerprint density at radius 3 is 2.00 bits per heavy atom. The van der Waals surface area contributed by atoms with Gasteiger partial charge in [0.05, 0.1) is 26.2 Å². The van der Waals surface area contributed by atoms with E-state index in [0.717, 1.165) is 19.0 Å². The van der Waals surface area contributed by atoms with Crippen LogP contribution < -0.4 is 9.80 Å². The lowest BCUT2D eigenvalue weighted by atomic mass is 9.71. The highest BCUT2D eigenvalue weighted by atomic mass is 15.3. The highest BCUT2D eigenvalue weighted by Gasteiger charge is 2.45. The molecule has 29 heavy (non-hydrogen) atoms. The number of hydrogen-bond acceptors (Lipinski definition) is 1. The van der Waals surface area contributed by atoms with E-state index in [9.17, 15) is 0 Å². The number of para-hydroxylation sites is 1. The van der Waals surface area contributed by atoms with Gasteiger partial charge in [0.1, 0.15) is 5.54 Å². The second kappa shape index (κ2) is 8.14. The molecule has 2 aromatic carbocycles. The first-order valence-corrected chi connectivity index (χ1v) is 11.6. The monoisotopic (exact) mass is 391 g/mol. The average Bonchev–Trinajstić information content (AvgIpc) is 2.75. The van der Waals surface area contributed by atoms with Crippen LogP contribution in [0.15, 0.2) is 54.6 Å². The first-order chi connectivity index (χ1) is 13.9. The van der Waals surface area contributed by atoms with Gasteiger partial charge in [-0.15, -0.1) is 0 Å². The SMILES string of the molecule is CC1CCC(c2ccc(C(C)(C)C)cc2)([NH+]2CCN(c3ccccc3)CC2)CC1. The Morgan fingerprint density at radius 2 is 1.45 bits per heavy atom. The first-order valence-electron chi connectivity index (χ1n) is 11.6. The molecule has 1 aliphatic carbocycles. The minimum atomic E-state index is 0.223. The normalized spacial score (nSPS) is 26.5. The Morgan fingerprint density at radius 1 is 0.862 bits per heavy atom. The molecule has 4 rings (SSSR count). The van der Waals surface area contributed by atoms with E-state index in [1.807, 2.05) is 4.90 Å².